The number of aromatic nitrogens is 2. The van der Waals surface area contributed by atoms with E-state index in [0.29, 0.717) is 18.0 Å². The second-order valence-corrected chi connectivity index (χ2v) is 7.71. The highest BCUT2D eigenvalue weighted by Crippen LogP contribution is 2.33. The van der Waals surface area contributed by atoms with Crippen molar-refractivity contribution in [3.8, 4) is 22.1 Å². The van der Waals surface area contributed by atoms with Crippen LogP contribution in [0.4, 0.5) is 0 Å². The molecular formula is C23H23N3O3S. The SMILES string of the molecule is COc1ccc(-c2nc(CC(=O)NCCc3c[nH]c4ccccc34)cs2)cc1OC. The van der Waals surface area contributed by atoms with E-state index < -0.39 is 0 Å². The Bertz CT molecular complexity index is 1170. The first-order valence-electron chi connectivity index (χ1n) is 9.66. The number of methoxy groups -OCH3 is 2. The lowest BCUT2D eigenvalue weighted by atomic mass is 10.1. The molecule has 0 saturated carbocycles. The third kappa shape index (κ3) is 4.31. The molecule has 7 heteroatoms. The molecule has 0 bridgehead atoms. The number of H-pyrrole nitrogens is 1. The van der Waals surface area contributed by atoms with Crippen LogP contribution in [0.15, 0.2) is 54.0 Å². The molecule has 154 valence electrons. The van der Waals surface area contributed by atoms with Crippen molar-refractivity contribution in [2.75, 3.05) is 20.8 Å². The molecule has 2 aromatic heterocycles. The van der Waals surface area contributed by atoms with Gasteiger partial charge in [0.1, 0.15) is 5.01 Å². The van der Waals surface area contributed by atoms with Crippen molar-refractivity contribution in [2.24, 2.45) is 0 Å². The Morgan fingerprint density at radius 2 is 1.97 bits per heavy atom. The van der Waals surface area contributed by atoms with E-state index in [0.717, 1.165) is 28.2 Å². The Labute approximate surface area is 178 Å². The number of ether oxygens (including phenoxy) is 2. The number of carbonyl (C=O) groups excluding carboxylic acids is 1. The van der Waals surface area contributed by atoms with Crippen molar-refractivity contribution in [3.63, 3.8) is 0 Å². The van der Waals surface area contributed by atoms with E-state index in [2.05, 4.69) is 27.4 Å². The third-order valence-corrected chi connectivity index (χ3v) is 5.86. The zero-order valence-electron chi connectivity index (χ0n) is 16.9. The fourth-order valence-corrected chi connectivity index (χ4v) is 4.21. The third-order valence-electron chi connectivity index (χ3n) is 4.92. The molecule has 2 heterocycles. The number of aromatic amines is 1. The largest absolute Gasteiger partial charge is 0.493 e. The average molecular weight is 422 g/mol. The number of thiazole rings is 1. The Kier molecular flexibility index (Phi) is 5.99. The van der Waals surface area contributed by atoms with Crippen LogP contribution in [-0.2, 0) is 17.6 Å². The molecular weight excluding hydrogens is 398 g/mol. The summed E-state index contributed by atoms with van der Waals surface area (Å²) in [5, 5.41) is 6.96. The molecule has 0 spiro atoms. The number of amides is 1. The van der Waals surface area contributed by atoms with Gasteiger partial charge in [-0.05, 0) is 36.2 Å². The van der Waals surface area contributed by atoms with Gasteiger partial charge in [-0.15, -0.1) is 11.3 Å². The van der Waals surface area contributed by atoms with E-state index in [1.807, 2.05) is 41.9 Å². The number of hydrogen-bond donors (Lipinski definition) is 2. The molecule has 4 rings (SSSR count). The number of nitrogens with zero attached hydrogens (tertiary/aromatic N) is 1. The zero-order chi connectivity index (χ0) is 20.9. The highest BCUT2D eigenvalue weighted by atomic mass is 32.1. The molecule has 6 nitrogen and oxygen atoms in total. The maximum Gasteiger partial charge on any atom is 0.226 e. The molecule has 0 aliphatic carbocycles. The van der Waals surface area contributed by atoms with E-state index in [-0.39, 0.29) is 12.3 Å². The van der Waals surface area contributed by atoms with Gasteiger partial charge in [0, 0.05) is 34.6 Å². The first-order valence-corrected chi connectivity index (χ1v) is 10.5. The number of fused-ring (bicyclic) bond motifs is 1. The van der Waals surface area contributed by atoms with Gasteiger partial charge in [-0.3, -0.25) is 4.79 Å². The zero-order valence-corrected chi connectivity index (χ0v) is 17.7. The van der Waals surface area contributed by atoms with Crippen LogP contribution in [0.3, 0.4) is 0 Å². The predicted octanol–water partition coefficient (Wildman–Crippen LogP) is 4.21. The summed E-state index contributed by atoms with van der Waals surface area (Å²) in [5.74, 6) is 1.30. The van der Waals surface area contributed by atoms with E-state index >= 15 is 0 Å². The fourth-order valence-electron chi connectivity index (χ4n) is 3.39. The topological polar surface area (TPSA) is 76.2 Å². The smallest absolute Gasteiger partial charge is 0.226 e. The Hall–Kier alpha value is -3.32. The maximum absolute atomic E-state index is 12.3. The van der Waals surface area contributed by atoms with Gasteiger partial charge < -0.3 is 19.8 Å². The van der Waals surface area contributed by atoms with Gasteiger partial charge in [-0.25, -0.2) is 4.98 Å². The molecule has 0 unspecified atom stereocenters. The monoisotopic (exact) mass is 421 g/mol. The number of rotatable bonds is 8. The van der Waals surface area contributed by atoms with Crippen molar-refractivity contribution in [2.45, 2.75) is 12.8 Å². The molecule has 0 fully saturated rings. The lowest BCUT2D eigenvalue weighted by Crippen LogP contribution is -2.27. The number of nitrogens with one attached hydrogen (secondary N) is 2. The minimum atomic E-state index is -0.0287. The van der Waals surface area contributed by atoms with Crippen molar-refractivity contribution < 1.29 is 14.3 Å². The van der Waals surface area contributed by atoms with Gasteiger partial charge >= 0.3 is 0 Å². The van der Waals surface area contributed by atoms with Crippen LogP contribution in [0.25, 0.3) is 21.5 Å². The summed E-state index contributed by atoms with van der Waals surface area (Å²) >= 11 is 1.51. The quantitative estimate of drug-likeness (QED) is 0.447. The number of benzene rings is 2. The molecule has 0 radical (unpaired) electrons. The fraction of sp³-hybridized carbons (Fsp3) is 0.217. The lowest BCUT2D eigenvalue weighted by molar-refractivity contribution is -0.120. The molecule has 0 atom stereocenters. The van der Waals surface area contributed by atoms with Gasteiger partial charge in [-0.2, -0.15) is 0 Å². The Morgan fingerprint density at radius 1 is 1.13 bits per heavy atom. The summed E-state index contributed by atoms with van der Waals surface area (Å²) < 4.78 is 10.6. The minimum absolute atomic E-state index is 0.0287. The number of carbonyl (C=O) groups is 1. The molecule has 0 aliphatic rings. The van der Waals surface area contributed by atoms with Crippen LogP contribution < -0.4 is 14.8 Å². The highest BCUT2D eigenvalue weighted by molar-refractivity contribution is 7.13. The minimum Gasteiger partial charge on any atom is -0.493 e. The number of hydrogen-bond acceptors (Lipinski definition) is 5. The van der Waals surface area contributed by atoms with Crippen molar-refractivity contribution in [3.05, 3.63) is 65.3 Å². The highest BCUT2D eigenvalue weighted by Gasteiger charge is 2.12. The Morgan fingerprint density at radius 3 is 2.80 bits per heavy atom. The normalized spacial score (nSPS) is 10.9. The standard InChI is InChI=1S/C23H23N3O3S/c1-28-20-8-7-15(11-21(20)29-2)23-26-17(14-30-23)12-22(27)24-10-9-16-13-25-19-6-4-3-5-18(16)19/h3-8,11,13-14,25H,9-10,12H2,1-2H3,(H,24,27). The summed E-state index contributed by atoms with van der Waals surface area (Å²) in [6.07, 6.45) is 3.05. The molecule has 2 N–H and O–H groups in total. The van der Waals surface area contributed by atoms with Crippen LogP contribution in [0.2, 0.25) is 0 Å². The van der Waals surface area contributed by atoms with E-state index in [9.17, 15) is 4.79 Å². The lowest BCUT2D eigenvalue weighted by Gasteiger charge is -2.08. The van der Waals surface area contributed by atoms with E-state index in [1.165, 1.54) is 22.3 Å². The molecule has 1 amide bonds. The maximum atomic E-state index is 12.3. The summed E-state index contributed by atoms with van der Waals surface area (Å²) in [5.41, 5.74) is 4.01. The predicted molar refractivity (Wildman–Crippen MR) is 119 cm³/mol. The van der Waals surface area contributed by atoms with Crippen LogP contribution in [0.1, 0.15) is 11.3 Å². The number of para-hydroxylation sites is 1. The van der Waals surface area contributed by atoms with Crippen LogP contribution >= 0.6 is 11.3 Å². The molecule has 0 aliphatic heterocycles. The van der Waals surface area contributed by atoms with E-state index in [4.69, 9.17) is 9.47 Å². The van der Waals surface area contributed by atoms with Gasteiger partial charge in [0.2, 0.25) is 5.91 Å². The summed E-state index contributed by atoms with van der Waals surface area (Å²) in [4.78, 5) is 20.2. The second-order valence-electron chi connectivity index (χ2n) is 6.85. The Balaban J connectivity index is 1.34. The van der Waals surface area contributed by atoms with Crippen molar-refractivity contribution in [1.82, 2.24) is 15.3 Å². The summed E-state index contributed by atoms with van der Waals surface area (Å²) in [6.45, 7) is 0.591. The first-order chi connectivity index (χ1) is 14.7. The second kappa shape index (κ2) is 9.00. The summed E-state index contributed by atoms with van der Waals surface area (Å²) in [7, 11) is 3.21. The molecule has 30 heavy (non-hydrogen) atoms. The van der Waals surface area contributed by atoms with Crippen LogP contribution in [0.5, 0.6) is 11.5 Å². The van der Waals surface area contributed by atoms with Gasteiger partial charge in [0.25, 0.3) is 0 Å². The van der Waals surface area contributed by atoms with Crippen LogP contribution in [-0.4, -0.2) is 36.6 Å². The van der Waals surface area contributed by atoms with Crippen molar-refractivity contribution >= 4 is 28.1 Å². The molecule has 0 saturated heterocycles. The van der Waals surface area contributed by atoms with Crippen LogP contribution in [0, 0.1) is 0 Å². The first kappa shape index (κ1) is 20.0. The van der Waals surface area contributed by atoms with Gasteiger partial charge in [0.05, 0.1) is 26.3 Å². The van der Waals surface area contributed by atoms with Gasteiger partial charge in [-0.1, -0.05) is 18.2 Å². The van der Waals surface area contributed by atoms with Gasteiger partial charge in [0.15, 0.2) is 11.5 Å². The van der Waals surface area contributed by atoms with Crippen molar-refractivity contribution in [1.29, 1.82) is 0 Å². The molecule has 4 aromatic rings. The molecule has 2 aromatic carbocycles. The van der Waals surface area contributed by atoms with E-state index in [1.54, 1.807) is 14.2 Å². The summed E-state index contributed by atoms with van der Waals surface area (Å²) in [6, 6.07) is 13.9. The average Bonchev–Trinajstić information content (AvgIpc) is 3.40.